The van der Waals surface area contributed by atoms with Crippen LogP contribution in [0.3, 0.4) is 0 Å². The zero-order valence-corrected chi connectivity index (χ0v) is 12.1. The van der Waals surface area contributed by atoms with Gasteiger partial charge in [0.05, 0.1) is 0 Å². The quantitative estimate of drug-likeness (QED) is 0.884. The Morgan fingerprint density at radius 1 is 1.39 bits per heavy atom. The Bertz CT molecular complexity index is 409. The first-order valence-electron chi connectivity index (χ1n) is 6.51. The lowest BCUT2D eigenvalue weighted by Gasteiger charge is -2.23. The summed E-state index contributed by atoms with van der Waals surface area (Å²) in [5.41, 5.74) is 6.88. The second-order valence-corrected chi connectivity index (χ2v) is 6.08. The first-order valence-corrected chi connectivity index (χ1v) is 7.26. The lowest BCUT2D eigenvalue weighted by Crippen LogP contribution is -2.35. The van der Waals surface area contributed by atoms with Gasteiger partial charge in [-0.3, -0.25) is 0 Å². The third-order valence-corrected chi connectivity index (χ3v) is 4.28. The second-order valence-electron chi connectivity index (χ2n) is 5.24. The Morgan fingerprint density at radius 2 is 2.17 bits per heavy atom. The molecule has 1 fully saturated rings. The van der Waals surface area contributed by atoms with Crippen molar-refractivity contribution in [3.05, 3.63) is 33.8 Å². The number of rotatable bonds is 4. The summed E-state index contributed by atoms with van der Waals surface area (Å²) < 4.78 is 0. The lowest BCUT2D eigenvalue weighted by molar-refractivity contribution is 0.434. The van der Waals surface area contributed by atoms with Gasteiger partial charge in [-0.15, -0.1) is 0 Å². The topological polar surface area (TPSA) is 38.0 Å². The van der Waals surface area contributed by atoms with Crippen molar-refractivity contribution in [1.82, 2.24) is 5.32 Å². The SMILES string of the molecule is CC1CCC(NC(CN)c2cc(Cl)ccc2Cl)C1. The molecule has 0 bridgehead atoms. The van der Waals surface area contributed by atoms with E-state index in [0.29, 0.717) is 17.6 Å². The molecule has 0 radical (unpaired) electrons. The van der Waals surface area contributed by atoms with Crippen molar-refractivity contribution < 1.29 is 0 Å². The molecule has 0 saturated heterocycles. The molecule has 1 aromatic rings. The van der Waals surface area contributed by atoms with E-state index in [2.05, 4.69) is 12.2 Å². The van der Waals surface area contributed by atoms with Gasteiger partial charge in [0.1, 0.15) is 0 Å². The maximum atomic E-state index is 6.23. The van der Waals surface area contributed by atoms with Gasteiger partial charge in [-0.2, -0.15) is 0 Å². The molecule has 2 rings (SSSR count). The molecule has 0 aromatic heterocycles. The minimum atomic E-state index is 0.0894. The summed E-state index contributed by atoms with van der Waals surface area (Å²) in [6, 6.07) is 6.18. The molecular weight excluding hydrogens is 267 g/mol. The van der Waals surface area contributed by atoms with Gasteiger partial charge in [0.2, 0.25) is 0 Å². The highest BCUT2D eigenvalue weighted by Gasteiger charge is 2.24. The number of hydrogen-bond acceptors (Lipinski definition) is 2. The Balaban J connectivity index is 2.10. The normalized spacial score (nSPS) is 25.3. The van der Waals surface area contributed by atoms with Crippen molar-refractivity contribution in [3.63, 3.8) is 0 Å². The summed E-state index contributed by atoms with van der Waals surface area (Å²) in [5, 5.41) is 5.05. The molecule has 3 atom stereocenters. The lowest BCUT2D eigenvalue weighted by atomic mass is 10.0. The molecule has 1 aliphatic rings. The maximum Gasteiger partial charge on any atom is 0.0462 e. The first-order chi connectivity index (χ1) is 8.60. The van der Waals surface area contributed by atoms with Crippen molar-refractivity contribution in [1.29, 1.82) is 0 Å². The number of hydrogen-bond donors (Lipinski definition) is 2. The fourth-order valence-corrected chi connectivity index (χ4v) is 3.14. The van der Waals surface area contributed by atoms with Crippen LogP contribution in [-0.4, -0.2) is 12.6 Å². The molecule has 0 amide bonds. The van der Waals surface area contributed by atoms with Crippen LogP contribution in [0.4, 0.5) is 0 Å². The van der Waals surface area contributed by atoms with E-state index < -0.39 is 0 Å². The van der Waals surface area contributed by atoms with Crippen LogP contribution in [0.1, 0.15) is 37.8 Å². The fourth-order valence-electron chi connectivity index (χ4n) is 2.71. The van der Waals surface area contributed by atoms with Gasteiger partial charge in [0.15, 0.2) is 0 Å². The highest BCUT2D eigenvalue weighted by Crippen LogP contribution is 2.30. The van der Waals surface area contributed by atoms with E-state index in [1.807, 2.05) is 12.1 Å². The Labute approximate surface area is 119 Å². The average Bonchev–Trinajstić information content (AvgIpc) is 2.75. The molecular formula is C14H20Cl2N2. The Kier molecular flexibility index (Phi) is 4.91. The number of halogens is 2. The summed E-state index contributed by atoms with van der Waals surface area (Å²) in [4.78, 5) is 0. The van der Waals surface area contributed by atoms with E-state index in [9.17, 15) is 0 Å². The predicted octanol–water partition coefficient (Wildman–Crippen LogP) is 3.77. The zero-order valence-electron chi connectivity index (χ0n) is 10.6. The van der Waals surface area contributed by atoms with E-state index in [4.69, 9.17) is 28.9 Å². The van der Waals surface area contributed by atoms with Gasteiger partial charge in [0.25, 0.3) is 0 Å². The number of benzene rings is 1. The molecule has 3 N–H and O–H groups in total. The molecule has 1 aliphatic carbocycles. The van der Waals surface area contributed by atoms with Crippen molar-refractivity contribution in [2.75, 3.05) is 6.54 Å². The molecule has 0 aliphatic heterocycles. The van der Waals surface area contributed by atoms with Gasteiger partial charge in [-0.1, -0.05) is 30.1 Å². The van der Waals surface area contributed by atoms with Crippen LogP contribution in [0.5, 0.6) is 0 Å². The average molecular weight is 287 g/mol. The predicted molar refractivity (Wildman–Crippen MR) is 78.2 cm³/mol. The van der Waals surface area contributed by atoms with Crippen LogP contribution < -0.4 is 11.1 Å². The van der Waals surface area contributed by atoms with Crippen LogP contribution in [-0.2, 0) is 0 Å². The van der Waals surface area contributed by atoms with Crippen molar-refractivity contribution in [3.8, 4) is 0 Å². The highest BCUT2D eigenvalue weighted by molar-refractivity contribution is 6.33. The van der Waals surface area contributed by atoms with Crippen molar-refractivity contribution in [2.24, 2.45) is 11.7 Å². The van der Waals surface area contributed by atoms with E-state index in [1.165, 1.54) is 19.3 Å². The minimum absolute atomic E-state index is 0.0894. The number of nitrogens with two attached hydrogens (primary N) is 1. The molecule has 0 spiro atoms. The monoisotopic (exact) mass is 286 g/mol. The summed E-state index contributed by atoms with van der Waals surface area (Å²) in [6.07, 6.45) is 3.72. The largest absolute Gasteiger partial charge is 0.329 e. The molecule has 1 saturated carbocycles. The highest BCUT2D eigenvalue weighted by atomic mass is 35.5. The molecule has 1 aromatic carbocycles. The summed E-state index contributed by atoms with van der Waals surface area (Å²) in [5.74, 6) is 0.802. The van der Waals surface area contributed by atoms with E-state index >= 15 is 0 Å². The standard InChI is InChI=1S/C14H20Cl2N2/c1-9-2-4-11(6-9)18-14(8-17)12-7-10(15)3-5-13(12)16/h3,5,7,9,11,14,18H,2,4,6,8,17H2,1H3. The summed E-state index contributed by atoms with van der Waals surface area (Å²) in [6.45, 7) is 2.83. The van der Waals surface area contributed by atoms with Gasteiger partial charge in [-0.05, 0) is 48.9 Å². The van der Waals surface area contributed by atoms with Crippen LogP contribution in [0.25, 0.3) is 0 Å². The van der Waals surface area contributed by atoms with Crippen LogP contribution in [0.15, 0.2) is 18.2 Å². The fraction of sp³-hybridized carbons (Fsp3) is 0.571. The minimum Gasteiger partial charge on any atom is -0.329 e. The second kappa shape index (κ2) is 6.25. The maximum absolute atomic E-state index is 6.23. The first kappa shape index (κ1) is 14.1. The van der Waals surface area contributed by atoms with Crippen molar-refractivity contribution in [2.45, 2.75) is 38.3 Å². The van der Waals surface area contributed by atoms with Crippen LogP contribution in [0.2, 0.25) is 10.0 Å². The smallest absolute Gasteiger partial charge is 0.0462 e. The van der Waals surface area contributed by atoms with Gasteiger partial charge in [-0.25, -0.2) is 0 Å². The third-order valence-electron chi connectivity index (χ3n) is 3.70. The molecule has 18 heavy (non-hydrogen) atoms. The molecule has 3 unspecified atom stereocenters. The molecule has 2 nitrogen and oxygen atoms in total. The summed E-state index contributed by atoms with van der Waals surface area (Å²) in [7, 11) is 0. The van der Waals surface area contributed by atoms with Gasteiger partial charge in [0, 0.05) is 28.7 Å². The molecule has 4 heteroatoms. The van der Waals surface area contributed by atoms with E-state index in [1.54, 1.807) is 6.07 Å². The Hall–Kier alpha value is -0.280. The van der Waals surface area contributed by atoms with Crippen LogP contribution in [0, 0.1) is 5.92 Å². The van der Waals surface area contributed by atoms with Gasteiger partial charge >= 0.3 is 0 Å². The van der Waals surface area contributed by atoms with Crippen molar-refractivity contribution >= 4 is 23.2 Å². The molecule has 0 heterocycles. The molecule has 100 valence electrons. The van der Waals surface area contributed by atoms with Crippen LogP contribution >= 0.6 is 23.2 Å². The summed E-state index contributed by atoms with van der Waals surface area (Å²) >= 11 is 12.3. The Morgan fingerprint density at radius 3 is 2.78 bits per heavy atom. The third kappa shape index (κ3) is 3.39. The van der Waals surface area contributed by atoms with Gasteiger partial charge < -0.3 is 11.1 Å². The number of nitrogens with one attached hydrogen (secondary N) is 1. The van der Waals surface area contributed by atoms with E-state index in [-0.39, 0.29) is 6.04 Å². The zero-order chi connectivity index (χ0) is 13.1. The van der Waals surface area contributed by atoms with E-state index in [0.717, 1.165) is 16.5 Å².